The molecule has 4 heteroatoms. The van der Waals surface area contributed by atoms with Crippen molar-refractivity contribution in [3.63, 3.8) is 0 Å². The number of anilines is 1. The van der Waals surface area contributed by atoms with E-state index < -0.39 is 5.60 Å². The molecule has 4 nitrogen and oxygen atoms in total. The molecule has 0 heterocycles. The molecular weight excluding hydrogens is 288 g/mol. The van der Waals surface area contributed by atoms with Crippen molar-refractivity contribution >= 4 is 11.8 Å². The van der Waals surface area contributed by atoms with E-state index in [4.69, 9.17) is 10.5 Å². The van der Waals surface area contributed by atoms with Crippen LogP contribution in [0.25, 0.3) is 11.1 Å². The van der Waals surface area contributed by atoms with Crippen molar-refractivity contribution in [1.82, 2.24) is 5.32 Å². The van der Waals surface area contributed by atoms with Gasteiger partial charge in [0.15, 0.2) is 0 Å². The number of hydrogen-bond donors (Lipinski definition) is 2. The molecule has 0 unspecified atom stereocenters. The molecule has 0 fully saturated rings. The minimum Gasteiger partial charge on any atom is -0.444 e. The van der Waals surface area contributed by atoms with Crippen LogP contribution in [0.3, 0.4) is 0 Å². The van der Waals surface area contributed by atoms with Gasteiger partial charge in [-0.2, -0.15) is 0 Å². The maximum atomic E-state index is 11.6. The Kier molecular flexibility index (Phi) is 5.27. The molecule has 122 valence electrons. The fraction of sp³-hybridized carbons (Fsp3) is 0.316. The zero-order valence-corrected chi connectivity index (χ0v) is 13.9. The Balaban J connectivity index is 1.94. The molecule has 0 aromatic heterocycles. The van der Waals surface area contributed by atoms with Gasteiger partial charge in [0.05, 0.1) is 0 Å². The number of rotatable bonds is 4. The van der Waals surface area contributed by atoms with E-state index >= 15 is 0 Å². The number of amides is 1. The van der Waals surface area contributed by atoms with Gasteiger partial charge in [-0.1, -0.05) is 36.4 Å². The normalized spacial score (nSPS) is 11.1. The second-order valence-corrected chi connectivity index (χ2v) is 6.50. The van der Waals surface area contributed by atoms with Gasteiger partial charge in [0.25, 0.3) is 0 Å². The number of nitrogens with one attached hydrogen (secondary N) is 1. The first-order valence-corrected chi connectivity index (χ1v) is 7.75. The van der Waals surface area contributed by atoms with Gasteiger partial charge in [0.1, 0.15) is 5.60 Å². The van der Waals surface area contributed by atoms with Crippen LogP contribution < -0.4 is 11.1 Å². The first-order chi connectivity index (χ1) is 10.8. The van der Waals surface area contributed by atoms with Crippen LogP contribution in [0.15, 0.2) is 48.5 Å². The second-order valence-electron chi connectivity index (χ2n) is 6.50. The number of carbonyl (C=O) groups is 1. The van der Waals surface area contributed by atoms with Gasteiger partial charge in [-0.05, 0) is 56.0 Å². The topological polar surface area (TPSA) is 64.3 Å². The number of nitrogens with two attached hydrogens (primary N) is 1. The van der Waals surface area contributed by atoms with E-state index in [0.717, 1.165) is 28.8 Å². The monoisotopic (exact) mass is 312 g/mol. The molecule has 2 aromatic rings. The summed E-state index contributed by atoms with van der Waals surface area (Å²) in [4.78, 5) is 11.6. The lowest BCUT2D eigenvalue weighted by molar-refractivity contribution is 0.0528. The van der Waals surface area contributed by atoms with Gasteiger partial charge in [-0.25, -0.2) is 4.79 Å². The van der Waals surface area contributed by atoms with Crippen molar-refractivity contribution in [2.75, 3.05) is 12.3 Å². The highest BCUT2D eigenvalue weighted by molar-refractivity contribution is 5.68. The average Bonchev–Trinajstić information content (AvgIpc) is 2.46. The van der Waals surface area contributed by atoms with E-state index in [0.29, 0.717) is 6.54 Å². The summed E-state index contributed by atoms with van der Waals surface area (Å²) >= 11 is 0. The Morgan fingerprint density at radius 2 is 1.74 bits per heavy atom. The molecule has 23 heavy (non-hydrogen) atoms. The van der Waals surface area contributed by atoms with Crippen molar-refractivity contribution in [1.29, 1.82) is 0 Å². The Bertz CT molecular complexity index is 675. The number of ether oxygens (including phenoxy) is 1. The fourth-order valence-corrected chi connectivity index (χ4v) is 2.25. The molecule has 0 bridgehead atoms. The van der Waals surface area contributed by atoms with Crippen LogP contribution in [0, 0.1) is 0 Å². The van der Waals surface area contributed by atoms with Crippen LogP contribution in [-0.4, -0.2) is 18.2 Å². The first-order valence-electron chi connectivity index (χ1n) is 7.75. The third kappa shape index (κ3) is 5.66. The highest BCUT2D eigenvalue weighted by atomic mass is 16.6. The van der Waals surface area contributed by atoms with E-state index in [1.54, 1.807) is 0 Å². The molecule has 1 amide bonds. The summed E-state index contributed by atoms with van der Waals surface area (Å²) in [6.07, 6.45) is 0.361. The molecule has 0 aliphatic carbocycles. The Morgan fingerprint density at radius 1 is 1.09 bits per heavy atom. The van der Waals surface area contributed by atoms with Gasteiger partial charge in [0.2, 0.25) is 0 Å². The van der Waals surface area contributed by atoms with Gasteiger partial charge < -0.3 is 15.8 Å². The quantitative estimate of drug-likeness (QED) is 0.839. The fourth-order valence-electron chi connectivity index (χ4n) is 2.25. The SMILES string of the molecule is CC(C)(C)OC(=O)NCCc1cccc(-c2cccc(N)c2)c1. The molecule has 0 atom stereocenters. The summed E-state index contributed by atoms with van der Waals surface area (Å²) in [6.45, 7) is 6.08. The number of benzene rings is 2. The molecule has 2 aromatic carbocycles. The van der Waals surface area contributed by atoms with Crippen molar-refractivity contribution in [2.24, 2.45) is 0 Å². The smallest absolute Gasteiger partial charge is 0.407 e. The van der Waals surface area contributed by atoms with E-state index in [9.17, 15) is 4.79 Å². The largest absolute Gasteiger partial charge is 0.444 e. The summed E-state index contributed by atoms with van der Waals surface area (Å²) in [7, 11) is 0. The predicted molar refractivity (Wildman–Crippen MR) is 94.2 cm³/mol. The van der Waals surface area contributed by atoms with Crippen LogP contribution in [0.1, 0.15) is 26.3 Å². The van der Waals surface area contributed by atoms with Gasteiger partial charge >= 0.3 is 6.09 Å². The van der Waals surface area contributed by atoms with Crippen LogP contribution in [0.4, 0.5) is 10.5 Å². The molecule has 0 saturated heterocycles. The predicted octanol–water partition coefficient (Wildman–Crippen LogP) is 4.00. The molecule has 2 rings (SSSR count). The summed E-state index contributed by atoms with van der Waals surface area (Å²) in [5.74, 6) is 0. The van der Waals surface area contributed by atoms with Crippen LogP contribution in [0.5, 0.6) is 0 Å². The summed E-state index contributed by atoms with van der Waals surface area (Å²) in [5, 5.41) is 2.77. The maximum absolute atomic E-state index is 11.6. The maximum Gasteiger partial charge on any atom is 0.407 e. The molecular formula is C19H24N2O2. The summed E-state index contributed by atoms with van der Waals surface area (Å²) in [5.41, 5.74) is 9.47. The molecule has 0 aliphatic heterocycles. The van der Waals surface area contributed by atoms with Gasteiger partial charge in [-0.15, -0.1) is 0 Å². The lowest BCUT2D eigenvalue weighted by Crippen LogP contribution is -2.33. The first kappa shape index (κ1) is 16.9. The molecule has 0 spiro atoms. The molecule has 3 N–H and O–H groups in total. The molecule has 0 radical (unpaired) electrons. The lowest BCUT2D eigenvalue weighted by Gasteiger charge is -2.19. The van der Waals surface area contributed by atoms with Crippen molar-refractivity contribution in [3.05, 3.63) is 54.1 Å². The average molecular weight is 312 g/mol. The van der Waals surface area contributed by atoms with Gasteiger partial charge in [0, 0.05) is 12.2 Å². The Labute approximate surface area is 137 Å². The minimum atomic E-state index is -0.475. The van der Waals surface area contributed by atoms with Crippen molar-refractivity contribution < 1.29 is 9.53 Å². The minimum absolute atomic E-state index is 0.385. The second kappa shape index (κ2) is 7.18. The standard InChI is InChI=1S/C19H24N2O2/c1-19(2,3)23-18(22)21-11-10-14-6-4-7-15(12-14)16-8-5-9-17(20)13-16/h4-9,12-13H,10-11,20H2,1-3H3,(H,21,22). The van der Waals surface area contributed by atoms with E-state index in [2.05, 4.69) is 17.4 Å². The number of alkyl carbamates (subject to hydrolysis) is 1. The van der Waals surface area contributed by atoms with E-state index in [1.165, 1.54) is 0 Å². The van der Waals surface area contributed by atoms with Crippen molar-refractivity contribution in [2.45, 2.75) is 32.8 Å². The van der Waals surface area contributed by atoms with Crippen molar-refractivity contribution in [3.8, 4) is 11.1 Å². The zero-order chi connectivity index (χ0) is 16.9. The van der Waals surface area contributed by atoms with Crippen LogP contribution in [-0.2, 0) is 11.2 Å². The lowest BCUT2D eigenvalue weighted by atomic mass is 10.0. The highest BCUT2D eigenvalue weighted by Crippen LogP contribution is 2.22. The number of hydrogen-bond acceptors (Lipinski definition) is 3. The summed E-state index contributed by atoms with van der Waals surface area (Å²) < 4.78 is 5.22. The number of carbonyl (C=O) groups excluding carboxylic acids is 1. The number of nitrogen functional groups attached to an aromatic ring is 1. The van der Waals surface area contributed by atoms with Gasteiger partial charge in [-0.3, -0.25) is 0 Å². The molecule has 0 aliphatic rings. The highest BCUT2D eigenvalue weighted by Gasteiger charge is 2.15. The van der Waals surface area contributed by atoms with Crippen LogP contribution >= 0.6 is 0 Å². The van der Waals surface area contributed by atoms with Crippen LogP contribution in [0.2, 0.25) is 0 Å². The third-order valence-electron chi connectivity index (χ3n) is 3.23. The Hall–Kier alpha value is -2.49. The van der Waals surface area contributed by atoms with E-state index in [-0.39, 0.29) is 6.09 Å². The van der Waals surface area contributed by atoms with E-state index in [1.807, 2.05) is 57.2 Å². The Morgan fingerprint density at radius 3 is 2.39 bits per heavy atom. The summed E-state index contributed by atoms with van der Waals surface area (Å²) in [6, 6.07) is 16.0. The zero-order valence-electron chi connectivity index (χ0n) is 13.9. The third-order valence-corrected chi connectivity index (χ3v) is 3.23. The molecule has 0 saturated carbocycles.